The summed E-state index contributed by atoms with van der Waals surface area (Å²) in [5.41, 5.74) is 0.962. The molecule has 0 fully saturated rings. The molecule has 1 aromatic carbocycles. The Balaban J connectivity index is 2.02. The lowest BCUT2D eigenvalue weighted by molar-refractivity contribution is 0.344. The van der Waals surface area contributed by atoms with Crippen LogP contribution in [-0.4, -0.2) is 43.7 Å². The second kappa shape index (κ2) is 6.73. The number of rotatable bonds is 7. The molecule has 1 aromatic heterocycles. The lowest BCUT2D eigenvalue weighted by Gasteiger charge is -2.08. The topological polar surface area (TPSA) is 37.4 Å². The second-order valence-electron chi connectivity index (χ2n) is 4.64. The Kier molecular flexibility index (Phi) is 4.99. The predicted molar refractivity (Wildman–Crippen MR) is 82.4 cm³/mol. The van der Waals surface area contributed by atoms with E-state index in [-0.39, 0.29) is 0 Å². The average Bonchev–Trinajstić information content (AvgIpc) is 2.79. The van der Waals surface area contributed by atoms with Gasteiger partial charge in [-0.15, -0.1) is 0 Å². The highest BCUT2D eigenvalue weighted by Crippen LogP contribution is 2.32. The van der Waals surface area contributed by atoms with Crippen molar-refractivity contribution in [2.75, 3.05) is 39.1 Å². The van der Waals surface area contributed by atoms with Crippen LogP contribution in [0, 0.1) is 0 Å². The van der Waals surface area contributed by atoms with E-state index in [2.05, 4.69) is 35.4 Å². The van der Waals surface area contributed by atoms with Crippen molar-refractivity contribution in [3.8, 4) is 5.75 Å². The number of ether oxygens (including phenoxy) is 1. The van der Waals surface area contributed by atoms with Gasteiger partial charge in [-0.1, -0.05) is 17.4 Å². The van der Waals surface area contributed by atoms with Crippen LogP contribution in [0.5, 0.6) is 5.75 Å². The van der Waals surface area contributed by atoms with E-state index in [1.165, 1.54) is 4.70 Å². The van der Waals surface area contributed by atoms with E-state index in [1.807, 2.05) is 19.1 Å². The largest absolute Gasteiger partial charge is 0.492 e. The highest BCUT2D eigenvalue weighted by atomic mass is 32.1. The summed E-state index contributed by atoms with van der Waals surface area (Å²) >= 11 is 1.68. The van der Waals surface area contributed by atoms with E-state index < -0.39 is 0 Å². The molecule has 0 aliphatic carbocycles. The van der Waals surface area contributed by atoms with Gasteiger partial charge in [-0.2, -0.15) is 0 Å². The third kappa shape index (κ3) is 3.81. The highest BCUT2D eigenvalue weighted by Gasteiger charge is 2.08. The third-order valence-electron chi connectivity index (χ3n) is 2.74. The van der Waals surface area contributed by atoms with Crippen LogP contribution in [0.3, 0.4) is 0 Å². The molecule has 0 bridgehead atoms. The van der Waals surface area contributed by atoms with Gasteiger partial charge >= 0.3 is 0 Å². The minimum Gasteiger partial charge on any atom is -0.492 e. The van der Waals surface area contributed by atoms with Crippen molar-refractivity contribution in [3.05, 3.63) is 18.2 Å². The number of nitrogens with zero attached hydrogens (tertiary/aromatic N) is 2. The molecule has 0 aliphatic rings. The van der Waals surface area contributed by atoms with E-state index in [9.17, 15) is 0 Å². The number of nitrogens with one attached hydrogen (secondary N) is 1. The van der Waals surface area contributed by atoms with Crippen LogP contribution in [0.4, 0.5) is 5.13 Å². The van der Waals surface area contributed by atoms with Crippen molar-refractivity contribution in [1.29, 1.82) is 0 Å². The molecule has 0 spiro atoms. The fourth-order valence-electron chi connectivity index (χ4n) is 1.86. The molecule has 0 amide bonds. The summed E-state index contributed by atoms with van der Waals surface area (Å²) in [6, 6.07) is 6.07. The Morgan fingerprint density at radius 1 is 1.37 bits per heavy atom. The Morgan fingerprint density at radius 2 is 2.21 bits per heavy atom. The summed E-state index contributed by atoms with van der Waals surface area (Å²) in [6.07, 6.45) is 1.11. The normalized spacial score (nSPS) is 11.2. The molecule has 2 aromatic rings. The molecule has 0 aliphatic heterocycles. The first-order valence-electron chi connectivity index (χ1n) is 6.61. The molecule has 104 valence electrons. The molecule has 2 rings (SSSR count). The number of hydrogen-bond donors (Lipinski definition) is 1. The number of thiazole rings is 1. The van der Waals surface area contributed by atoms with E-state index in [4.69, 9.17) is 4.74 Å². The fourth-order valence-corrected chi connectivity index (χ4v) is 2.77. The Morgan fingerprint density at radius 3 is 2.95 bits per heavy atom. The molecule has 19 heavy (non-hydrogen) atoms. The van der Waals surface area contributed by atoms with Crippen molar-refractivity contribution in [2.24, 2.45) is 0 Å². The molecule has 0 saturated carbocycles. The predicted octanol–water partition coefficient (Wildman–Crippen LogP) is 3.06. The summed E-state index contributed by atoms with van der Waals surface area (Å²) in [4.78, 5) is 6.80. The number of fused-ring (bicyclic) bond motifs is 1. The van der Waals surface area contributed by atoms with Crippen molar-refractivity contribution in [3.63, 3.8) is 0 Å². The number of anilines is 1. The summed E-state index contributed by atoms with van der Waals surface area (Å²) < 4.78 is 6.77. The number of para-hydroxylation sites is 1. The number of hydrogen-bond acceptors (Lipinski definition) is 5. The maximum Gasteiger partial charge on any atom is 0.183 e. The molecular weight excluding hydrogens is 258 g/mol. The average molecular weight is 279 g/mol. The minimum atomic E-state index is 0.669. The van der Waals surface area contributed by atoms with Crippen LogP contribution in [0.15, 0.2) is 18.2 Å². The van der Waals surface area contributed by atoms with Crippen LogP contribution < -0.4 is 10.1 Å². The zero-order valence-electron chi connectivity index (χ0n) is 11.8. The summed E-state index contributed by atoms with van der Waals surface area (Å²) in [5, 5.41) is 4.36. The van der Waals surface area contributed by atoms with E-state index in [0.29, 0.717) is 6.61 Å². The van der Waals surface area contributed by atoms with E-state index >= 15 is 0 Å². The number of aromatic nitrogens is 1. The molecule has 0 unspecified atom stereocenters. The van der Waals surface area contributed by atoms with Crippen LogP contribution in [0.2, 0.25) is 0 Å². The Labute approximate surface area is 118 Å². The van der Waals surface area contributed by atoms with Gasteiger partial charge in [-0.05, 0) is 46.1 Å². The molecule has 0 atom stereocenters. The van der Waals surface area contributed by atoms with Gasteiger partial charge in [0, 0.05) is 6.54 Å². The molecule has 1 heterocycles. The Bertz CT molecular complexity index is 524. The maximum atomic E-state index is 5.60. The molecule has 1 N–H and O–H groups in total. The lowest BCUT2D eigenvalue weighted by Crippen LogP contribution is -2.16. The van der Waals surface area contributed by atoms with Crippen molar-refractivity contribution < 1.29 is 4.74 Å². The standard InChI is InChI=1S/C14H21N3OS/c1-4-18-11-7-5-8-12-13(11)16-14(19-12)15-9-6-10-17(2)3/h5,7-8H,4,6,9-10H2,1-3H3,(H,15,16). The Hall–Kier alpha value is -1.33. The quantitative estimate of drug-likeness (QED) is 0.790. The fraction of sp³-hybridized carbons (Fsp3) is 0.500. The van der Waals surface area contributed by atoms with E-state index in [1.54, 1.807) is 11.3 Å². The first-order chi connectivity index (χ1) is 9.20. The van der Waals surface area contributed by atoms with Gasteiger partial charge in [0.2, 0.25) is 0 Å². The summed E-state index contributed by atoms with van der Waals surface area (Å²) in [6.45, 7) is 4.69. The molecule has 4 nitrogen and oxygen atoms in total. The van der Waals surface area contributed by atoms with Gasteiger partial charge in [0.05, 0.1) is 11.3 Å². The third-order valence-corrected chi connectivity index (χ3v) is 3.72. The lowest BCUT2D eigenvalue weighted by atomic mass is 10.3. The zero-order valence-corrected chi connectivity index (χ0v) is 12.6. The van der Waals surface area contributed by atoms with Gasteiger partial charge in [-0.25, -0.2) is 4.98 Å². The first kappa shape index (κ1) is 14.1. The van der Waals surface area contributed by atoms with Crippen molar-refractivity contribution in [1.82, 2.24) is 9.88 Å². The van der Waals surface area contributed by atoms with Crippen LogP contribution in [0.25, 0.3) is 10.2 Å². The van der Waals surface area contributed by atoms with Gasteiger partial charge < -0.3 is 15.0 Å². The monoisotopic (exact) mass is 279 g/mol. The van der Waals surface area contributed by atoms with Crippen LogP contribution in [-0.2, 0) is 0 Å². The zero-order chi connectivity index (χ0) is 13.7. The van der Waals surface area contributed by atoms with E-state index in [0.717, 1.165) is 35.9 Å². The second-order valence-corrected chi connectivity index (χ2v) is 5.67. The molecular formula is C14H21N3OS. The minimum absolute atomic E-state index is 0.669. The smallest absolute Gasteiger partial charge is 0.183 e. The van der Waals surface area contributed by atoms with Crippen molar-refractivity contribution >= 4 is 26.7 Å². The van der Waals surface area contributed by atoms with Gasteiger partial charge in [0.1, 0.15) is 11.3 Å². The number of benzene rings is 1. The SMILES string of the molecule is CCOc1cccc2sc(NCCCN(C)C)nc12. The van der Waals surface area contributed by atoms with Gasteiger partial charge in [-0.3, -0.25) is 0 Å². The molecule has 0 saturated heterocycles. The first-order valence-corrected chi connectivity index (χ1v) is 7.43. The van der Waals surface area contributed by atoms with Crippen LogP contribution >= 0.6 is 11.3 Å². The summed E-state index contributed by atoms with van der Waals surface area (Å²) in [5.74, 6) is 0.873. The molecule has 0 radical (unpaired) electrons. The van der Waals surface area contributed by atoms with Crippen molar-refractivity contribution in [2.45, 2.75) is 13.3 Å². The van der Waals surface area contributed by atoms with Crippen LogP contribution in [0.1, 0.15) is 13.3 Å². The van der Waals surface area contributed by atoms with Gasteiger partial charge in [0.15, 0.2) is 5.13 Å². The molecule has 5 heteroatoms. The summed E-state index contributed by atoms with van der Waals surface area (Å²) in [7, 11) is 4.18. The maximum absolute atomic E-state index is 5.60. The highest BCUT2D eigenvalue weighted by molar-refractivity contribution is 7.22. The van der Waals surface area contributed by atoms with Gasteiger partial charge in [0.25, 0.3) is 0 Å².